The number of ether oxygens (including phenoxy) is 2. The minimum Gasteiger partial charge on any atom is -0.465 e. The third-order valence-corrected chi connectivity index (χ3v) is 2.31. The summed E-state index contributed by atoms with van der Waals surface area (Å²) in [4.78, 5) is 32.2. The second kappa shape index (κ2) is 4.42. The molecule has 0 bridgehead atoms. The van der Waals surface area contributed by atoms with E-state index < -0.39 is 17.4 Å². The van der Waals surface area contributed by atoms with Gasteiger partial charge in [0.1, 0.15) is 19.0 Å². The molecule has 1 aliphatic rings. The van der Waals surface area contributed by atoms with Crippen molar-refractivity contribution in [1.82, 2.24) is 0 Å². The zero-order valence-electron chi connectivity index (χ0n) is 8.87. The molecule has 0 saturated heterocycles. The minimum atomic E-state index is -0.478. The summed E-state index contributed by atoms with van der Waals surface area (Å²) in [5.74, 6) is -0.678. The largest absolute Gasteiger partial charge is 0.465 e. The Hall–Kier alpha value is -1.39. The maximum Gasteiger partial charge on any atom is 0.302 e. The average Bonchev–Trinajstić information content (AvgIpc) is 2.07. The predicted octanol–water partition coefficient (Wildman–Crippen LogP) is 0.462. The van der Waals surface area contributed by atoms with E-state index in [9.17, 15) is 14.4 Å². The summed E-state index contributed by atoms with van der Waals surface area (Å²) in [6, 6.07) is 0. The fourth-order valence-electron chi connectivity index (χ4n) is 1.54. The number of esters is 2. The van der Waals surface area contributed by atoms with Crippen molar-refractivity contribution < 1.29 is 23.9 Å². The highest BCUT2D eigenvalue weighted by atomic mass is 16.5. The lowest BCUT2D eigenvalue weighted by atomic mass is 9.69. The van der Waals surface area contributed by atoms with Crippen LogP contribution in [0.1, 0.15) is 26.7 Å². The quantitative estimate of drug-likeness (QED) is 0.636. The fraction of sp³-hybridized carbons (Fsp3) is 0.700. The zero-order chi connectivity index (χ0) is 11.5. The molecule has 0 aliphatic heterocycles. The lowest BCUT2D eigenvalue weighted by Gasteiger charge is -2.38. The molecule has 0 heterocycles. The van der Waals surface area contributed by atoms with Crippen LogP contribution >= 0.6 is 0 Å². The van der Waals surface area contributed by atoms with Gasteiger partial charge in [-0.15, -0.1) is 0 Å². The summed E-state index contributed by atoms with van der Waals surface area (Å²) in [6.45, 7) is 2.89. The number of Topliss-reactive ketones (excluding diaryl/α,β-unsaturated/α-hetero) is 1. The summed E-state index contributed by atoms with van der Waals surface area (Å²) < 4.78 is 9.69. The van der Waals surface area contributed by atoms with Crippen LogP contribution in [0, 0.1) is 5.41 Å². The third kappa shape index (κ3) is 3.34. The Bertz CT molecular complexity index is 266. The van der Waals surface area contributed by atoms with Gasteiger partial charge in [0, 0.05) is 26.7 Å². The zero-order valence-corrected chi connectivity index (χ0v) is 8.87. The maximum absolute atomic E-state index is 10.9. The minimum absolute atomic E-state index is 0.106. The molecule has 5 heteroatoms. The van der Waals surface area contributed by atoms with Crippen molar-refractivity contribution >= 4 is 17.7 Å². The van der Waals surface area contributed by atoms with E-state index >= 15 is 0 Å². The molecule has 0 radical (unpaired) electrons. The van der Waals surface area contributed by atoms with Gasteiger partial charge in [-0.1, -0.05) is 0 Å². The van der Waals surface area contributed by atoms with E-state index in [4.69, 9.17) is 9.47 Å². The van der Waals surface area contributed by atoms with Gasteiger partial charge in [0.2, 0.25) is 0 Å². The second-order valence-corrected chi connectivity index (χ2v) is 3.95. The first kappa shape index (κ1) is 11.7. The Morgan fingerprint density at radius 3 is 1.80 bits per heavy atom. The van der Waals surface area contributed by atoms with Crippen LogP contribution in [-0.2, 0) is 23.9 Å². The van der Waals surface area contributed by atoms with E-state index in [1.165, 1.54) is 13.8 Å². The smallest absolute Gasteiger partial charge is 0.302 e. The van der Waals surface area contributed by atoms with Gasteiger partial charge >= 0.3 is 11.9 Å². The molecular weight excluding hydrogens is 200 g/mol. The van der Waals surface area contributed by atoms with Gasteiger partial charge in [0.05, 0.1) is 5.41 Å². The number of carbonyl (C=O) groups is 3. The molecule has 0 N–H and O–H groups in total. The molecule has 0 spiro atoms. The Kier molecular flexibility index (Phi) is 3.44. The summed E-state index contributed by atoms with van der Waals surface area (Å²) >= 11 is 0. The highest BCUT2D eigenvalue weighted by Gasteiger charge is 2.45. The monoisotopic (exact) mass is 214 g/mol. The number of ketones is 1. The summed E-state index contributed by atoms with van der Waals surface area (Å²) in [5.41, 5.74) is -0.478. The van der Waals surface area contributed by atoms with Gasteiger partial charge in [-0.25, -0.2) is 0 Å². The molecule has 1 saturated carbocycles. The summed E-state index contributed by atoms with van der Waals surface area (Å²) in [5, 5.41) is 0. The van der Waals surface area contributed by atoms with E-state index in [2.05, 4.69) is 0 Å². The van der Waals surface area contributed by atoms with Gasteiger partial charge in [-0.3, -0.25) is 14.4 Å². The van der Waals surface area contributed by atoms with Crippen molar-refractivity contribution in [2.75, 3.05) is 13.2 Å². The van der Waals surface area contributed by atoms with E-state index in [1.54, 1.807) is 0 Å². The van der Waals surface area contributed by atoms with Crippen LogP contribution in [0.3, 0.4) is 0 Å². The van der Waals surface area contributed by atoms with Crippen molar-refractivity contribution in [2.45, 2.75) is 26.7 Å². The van der Waals surface area contributed by atoms with Gasteiger partial charge in [0.25, 0.3) is 0 Å². The molecule has 0 aromatic carbocycles. The van der Waals surface area contributed by atoms with E-state index in [1.807, 2.05) is 0 Å². The molecule has 1 rings (SSSR count). The first-order chi connectivity index (χ1) is 6.93. The van der Waals surface area contributed by atoms with Crippen LogP contribution in [0.15, 0.2) is 0 Å². The average molecular weight is 214 g/mol. The Morgan fingerprint density at radius 2 is 1.53 bits per heavy atom. The standard InChI is InChI=1S/C10H14O5/c1-7(11)14-5-10(3-9(13)4-10)6-15-8(2)12/h3-6H2,1-2H3. The third-order valence-electron chi connectivity index (χ3n) is 2.31. The molecule has 1 aliphatic carbocycles. The van der Waals surface area contributed by atoms with Crippen LogP contribution in [0.25, 0.3) is 0 Å². The lowest BCUT2D eigenvalue weighted by molar-refractivity contribution is -0.162. The van der Waals surface area contributed by atoms with Crippen LogP contribution in [0.4, 0.5) is 0 Å². The van der Waals surface area contributed by atoms with Crippen LogP contribution in [0.2, 0.25) is 0 Å². The highest BCUT2D eigenvalue weighted by molar-refractivity contribution is 5.86. The van der Waals surface area contributed by atoms with Gasteiger partial charge in [-0.2, -0.15) is 0 Å². The van der Waals surface area contributed by atoms with Gasteiger partial charge in [-0.05, 0) is 0 Å². The van der Waals surface area contributed by atoms with Gasteiger partial charge in [0.15, 0.2) is 0 Å². The molecular formula is C10H14O5. The Labute approximate surface area is 87.7 Å². The maximum atomic E-state index is 10.9. The molecule has 0 amide bonds. The molecule has 0 aromatic rings. The van der Waals surface area contributed by atoms with Crippen molar-refractivity contribution in [3.05, 3.63) is 0 Å². The molecule has 0 unspecified atom stereocenters. The molecule has 5 nitrogen and oxygen atoms in total. The normalized spacial score (nSPS) is 17.9. The van der Waals surface area contributed by atoms with Crippen molar-refractivity contribution in [3.8, 4) is 0 Å². The fourth-order valence-corrected chi connectivity index (χ4v) is 1.54. The van der Waals surface area contributed by atoms with Crippen molar-refractivity contribution in [1.29, 1.82) is 0 Å². The van der Waals surface area contributed by atoms with Crippen LogP contribution in [-0.4, -0.2) is 30.9 Å². The summed E-state index contributed by atoms with van der Waals surface area (Å²) in [6.07, 6.45) is 0.626. The Morgan fingerprint density at radius 1 is 1.13 bits per heavy atom. The number of hydrogen-bond donors (Lipinski definition) is 0. The molecule has 0 aromatic heterocycles. The molecule has 84 valence electrons. The van der Waals surface area contributed by atoms with E-state index in [0.29, 0.717) is 12.8 Å². The second-order valence-electron chi connectivity index (χ2n) is 3.95. The molecule has 0 atom stereocenters. The van der Waals surface area contributed by atoms with Gasteiger partial charge < -0.3 is 9.47 Å². The highest BCUT2D eigenvalue weighted by Crippen LogP contribution is 2.38. The van der Waals surface area contributed by atoms with Crippen molar-refractivity contribution in [2.24, 2.45) is 5.41 Å². The predicted molar refractivity (Wildman–Crippen MR) is 49.9 cm³/mol. The topological polar surface area (TPSA) is 69.7 Å². The number of rotatable bonds is 4. The number of carbonyl (C=O) groups excluding carboxylic acids is 3. The SMILES string of the molecule is CC(=O)OCC1(COC(C)=O)CC(=O)C1. The van der Waals surface area contributed by atoms with E-state index in [0.717, 1.165) is 0 Å². The van der Waals surface area contributed by atoms with Crippen LogP contribution < -0.4 is 0 Å². The first-order valence-corrected chi connectivity index (χ1v) is 4.72. The van der Waals surface area contributed by atoms with E-state index in [-0.39, 0.29) is 19.0 Å². The molecule has 15 heavy (non-hydrogen) atoms. The summed E-state index contributed by atoms with van der Waals surface area (Å²) in [7, 11) is 0. The van der Waals surface area contributed by atoms with Crippen molar-refractivity contribution in [3.63, 3.8) is 0 Å². The number of hydrogen-bond acceptors (Lipinski definition) is 5. The molecule has 1 fully saturated rings. The lowest BCUT2D eigenvalue weighted by Crippen LogP contribution is -2.45. The first-order valence-electron chi connectivity index (χ1n) is 4.72. The Balaban J connectivity index is 2.44. The van der Waals surface area contributed by atoms with Crippen LogP contribution in [0.5, 0.6) is 0 Å².